The summed E-state index contributed by atoms with van der Waals surface area (Å²) in [6, 6.07) is 3.14. The maximum absolute atomic E-state index is 13.7. The Kier molecular flexibility index (Phi) is 3.46. The molecular formula is C15H17F2NO2. The Morgan fingerprint density at radius 3 is 2.65 bits per heavy atom. The van der Waals surface area contributed by atoms with E-state index >= 15 is 0 Å². The molecule has 1 N–H and O–H groups in total. The first kappa shape index (κ1) is 13.5. The van der Waals surface area contributed by atoms with Crippen LogP contribution in [0.1, 0.15) is 24.8 Å². The van der Waals surface area contributed by atoms with Gasteiger partial charge < -0.3 is 5.11 Å². The van der Waals surface area contributed by atoms with E-state index in [1.165, 1.54) is 18.2 Å². The minimum atomic E-state index is -0.879. The van der Waals surface area contributed by atoms with Gasteiger partial charge in [-0.05, 0) is 36.8 Å². The number of likely N-dealkylation sites (tertiary alicyclic amines) is 1. The van der Waals surface area contributed by atoms with Crippen molar-refractivity contribution in [3.05, 3.63) is 35.4 Å². The highest BCUT2D eigenvalue weighted by Crippen LogP contribution is 2.42. The summed E-state index contributed by atoms with van der Waals surface area (Å²) in [5, 5.41) is 9.42. The minimum absolute atomic E-state index is 0.0290. The van der Waals surface area contributed by atoms with Crippen LogP contribution in [-0.2, 0) is 11.3 Å². The lowest BCUT2D eigenvalue weighted by Crippen LogP contribution is -2.39. The lowest BCUT2D eigenvalue weighted by Gasteiger charge is -2.24. The maximum atomic E-state index is 13.7. The van der Waals surface area contributed by atoms with Gasteiger partial charge in [-0.15, -0.1) is 0 Å². The average molecular weight is 281 g/mol. The number of carboxylic acids is 1. The second kappa shape index (κ2) is 5.13. The summed E-state index contributed by atoms with van der Waals surface area (Å²) in [6.07, 6.45) is 2.98. The van der Waals surface area contributed by atoms with Crippen molar-refractivity contribution in [3.8, 4) is 0 Å². The summed E-state index contributed by atoms with van der Waals surface area (Å²) in [4.78, 5) is 13.2. The molecule has 1 heterocycles. The Labute approximate surface area is 116 Å². The fraction of sp³-hybridized carbons (Fsp3) is 0.533. The molecule has 3 nitrogen and oxygen atoms in total. The van der Waals surface area contributed by atoms with Crippen molar-refractivity contribution in [3.63, 3.8) is 0 Å². The molecule has 108 valence electrons. The summed E-state index contributed by atoms with van der Waals surface area (Å²) in [5.41, 5.74) is -0.0290. The summed E-state index contributed by atoms with van der Waals surface area (Å²) in [6.45, 7) is 0.651. The van der Waals surface area contributed by atoms with Crippen LogP contribution in [0.4, 0.5) is 8.78 Å². The largest absolute Gasteiger partial charge is 0.480 e. The van der Waals surface area contributed by atoms with Crippen LogP contribution in [-0.4, -0.2) is 28.6 Å². The first-order valence-corrected chi connectivity index (χ1v) is 6.97. The van der Waals surface area contributed by atoms with Gasteiger partial charge in [0.15, 0.2) is 0 Å². The second-order valence-electron chi connectivity index (χ2n) is 5.77. The molecule has 1 aromatic rings. The normalized spacial score (nSPS) is 29.6. The Balaban J connectivity index is 1.85. The predicted molar refractivity (Wildman–Crippen MR) is 69.0 cm³/mol. The number of hydrogen-bond acceptors (Lipinski definition) is 2. The van der Waals surface area contributed by atoms with E-state index in [0.717, 1.165) is 19.3 Å². The fourth-order valence-corrected chi connectivity index (χ4v) is 3.78. The van der Waals surface area contributed by atoms with Crippen molar-refractivity contribution >= 4 is 5.97 Å². The number of benzene rings is 1. The van der Waals surface area contributed by atoms with Crippen LogP contribution in [0.2, 0.25) is 0 Å². The average Bonchev–Trinajstić information content (AvgIpc) is 2.93. The van der Waals surface area contributed by atoms with E-state index in [-0.39, 0.29) is 18.0 Å². The van der Waals surface area contributed by atoms with Crippen molar-refractivity contribution in [2.75, 3.05) is 6.54 Å². The third-order valence-electron chi connectivity index (χ3n) is 4.66. The van der Waals surface area contributed by atoms with Gasteiger partial charge in [-0.1, -0.05) is 12.5 Å². The summed E-state index contributed by atoms with van der Waals surface area (Å²) in [7, 11) is 0. The topological polar surface area (TPSA) is 40.5 Å². The minimum Gasteiger partial charge on any atom is -0.480 e. The lowest BCUT2D eigenvalue weighted by molar-refractivity contribution is -0.143. The smallest absolute Gasteiger partial charge is 0.321 e. The van der Waals surface area contributed by atoms with Crippen molar-refractivity contribution < 1.29 is 18.7 Å². The molecule has 1 aliphatic carbocycles. The Hall–Kier alpha value is -1.49. The van der Waals surface area contributed by atoms with Crippen LogP contribution in [0.3, 0.4) is 0 Å². The molecule has 1 saturated carbocycles. The first-order chi connectivity index (χ1) is 9.58. The predicted octanol–water partition coefficient (Wildman–Crippen LogP) is 2.65. The third kappa shape index (κ3) is 2.20. The highest BCUT2D eigenvalue weighted by Gasteiger charge is 2.47. The molecule has 3 unspecified atom stereocenters. The molecule has 1 aliphatic heterocycles. The second-order valence-corrected chi connectivity index (χ2v) is 5.77. The van der Waals surface area contributed by atoms with Crippen LogP contribution in [0.5, 0.6) is 0 Å². The van der Waals surface area contributed by atoms with E-state index in [9.17, 15) is 18.7 Å². The van der Waals surface area contributed by atoms with E-state index in [1.807, 2.05) is 0 Å². The highest BCUT2D eigenvalue weighted by molar-refractivity contribution is 5.74. The van der Waals surface area contributed by atoms with E-state index in [4.69, 9.17) is 0 Å². The van der Waals surface area contributed by atoms with Gasteiger partial charge in [-0.3, -0.25) is 9.69 Å². The summed E-state index contributed by atoms with van der Waals surface area (Å²) >= 11 is 0. The molecule has 2 fully saturated rings. The molecule has 0 spiro atoms. The van der Waals surface area contributed by atoms with E-state index < -0.39 is 23.6 Å². The molecule has 20 heavy (non-hydrogen) atoms. The fourth-order valence-electron chi connectivity index (χ4n) is 3.78. The Bertz CT molecular complexity index is 514. The highest BCUT2D eigenvalue weighted by atomic mass is 19.1. The Morgan fingerprint density at radius 1 is 1.30 bits per heavy atom. The molecule has 3 rings (SSSR count). The molecule has 0 bridgehead atoms. The van der Waals surface area contributed by atoms with E-state index in [1.54, 1.807) is 4.90 Å². The molecular weight excluding hydrogens is 264 g/mol. The number of hydrogen-bond donors (Lipinski definition) is 1. The van der Waals surface area contributed by atoms with Gasteiger partial charge in [0.25, 0.3) is 0 Å². The molecule has 1 saturated heterocycles. The van der Waals surface area contributed by atoms with Gasteiger partial charge >= 0.3 is 5.97 Å². The molecule has 0 aromatic heterocycles. The van der Waals surface area contributed by atoms with Crippen LogP contribution in [0, 0.1) is 23.5 Å². The molecule has 0 radical (unpaired) electrons. The van der Waals surface area contributed by atoms with Crippen LogP contribution in [0.25, 0.3) is 0 Å². The SMILES string of the molecule is O=C(O)C1C2CCCC2CN1Cc1c(F)cccc1F. The molecule has 1 aromatic carbocycles. The molecule has 3 atom stereocenters. The van der Waals surface area contributed by atoms with Crippen LogP contribution < -0.4 is 0 Å². The van der Waals surface area contributed by atoms with Gasteiger partial charge in [0, 0.05) is 18.7 Å². The Morgan fingerprint density at radius 2 is 2.00 bits per heavy atom. The number of carbonyl (C=O) groups is 1. The molecule has 5 heteroatoms. The number of halogens is 2. The lowest BCUT2D eigenvalue weighted by atomic mass is 9.94. The number of aliphatic carboxylic acids is 1. The van der Waals surface area contributed by atoms with Gasteiger partial charge in [0.05, 0.1) is 0 Å². The zero-order chi connectivity index (χ0) is 14.3. The van der Waals surface area contributed by atoms with Crippen molar-refractivity contribution in [2.45, 2.75) is 31.8 Å². The summed E-state index contributed by atoms with van der Waals surface area (Å²) < 4.78 is 27.4. The van der Waals surface area contributed by atoms with Gasteiger partial charge in [0.1, 0.15) is 17.7 Å². The zero-order valence-corrected chi connectivity index (χ0v) is 11.1. The third-order valence-corrected chi connectivity index (χ3v) is 4.66. The van der Waals surface area contributed by atoms with Crippen molar-refractivity contribution in [1.29, 1.82) is 0 Å². The quantitative estimate of drug-likeness (QED) is 0.926. The van der Waals surface area contributed by atoms with E-state index in [0.29, 0.717) is 12.5 Å². The standard InChI is InChI=1S/C15H17F2NO2/c16-12-5-2-6-13(17)11(12)8-18-7-9-3-1-4-10(9)14(18)15(19)20/h2,5-6,9-10,14H,1,3-4,7-8H2,(H,19,20). The number of fused-ring (bicyclic) bond motifs is 1. The molecule has 0 amide bonds. The van der Waals surface area contributed by atoms with Gasteiger partial charge in [-0.2, -0.15) is 0 Å². The van der Waals surface area contributed by atoms with Crippen LogP contribution >= 0.6 is 0 Å². The number of carboxylic acid groups (broad SMARTS) is 1. The van der Waals surface area contributed by atoms with Crippen molar-refractivity contribution in [2.24, 2.45) is 11.8 Å². The zero-order valence-electron chi connectivity index (χ0n) is 11.1. The first-order valence-electron chi connectivity index (χ1n) is 6.97. The van der Waals surface area contributed by atoms with Gasteiger partial charge in [0.2, 0.25) is 0 Å². The van der Waals surface area contributed by atoms with E-state index in [2.05, 4.69) is 0 Å². The summed E-state index contributed by atoms with van der Waals surface area (Å²) in [5.74, 6) is -1.61. The number of nitrogens with zero attached hydrogens (tertiary/aromatic N) is 1. The van der Waals surface area contributed by atoms with Crippen molar-refractivity contribution in [1.82, 2.24) is 4.90 Å². The monoisotopic (exact) mass is 281 g/mol. The molecule has 2 aliphatic rings. The van der Waals surface area contributed by atoms with Crippen LogP contribution in [0.15, 0.2) is 18.2 Å². The maximum Gasteiger partial charge on any atom is 0.321 e. The number of rotatable bonds is 3. The van der Waals surface area contributed by atoms with Gasteiger partial charge in [-0.25, -0.2) is 8.78 Å².